The lowest BCUT2D eigenvalue weighted by atomic mass is 10.0. The summed E-state index contributed by atoms with van der Waals surface area (Å²) in [6.45, 7) is 3.29. The number of hydrogen-bond donors (Lipinski definition) is 0. The third-order valence-electron chi connectivity index (χ3n) is 5.04. The number of benzene rings is 2. The number of halogens is 2. The summed E-state index contributed by atoms with van der Waals surface area (Å²) in [4.78, 5) is 1.72. The minimum atomic E-state index is -4.14. The average Bonchev–Trinajstić information content (AvgIpc) is 2.91. The molecule has 27 heavy (non-hydrogen) atoms. The van der Waals surface area contributed by atoms with Gasteiger partial charge in [0.1, 0.15) is 23.1 Å². The summed E-state index contributed by atoms with van der Waals surface area (Å²) in [6, 6.07) is 8.68. The van der Waals surface area contributed by atoms with Gasteiger partial charge in [0, 0.05) is 29.7 Å². The molecule has 1 aliphatic rings. The van der Waals surface area contributed by atoms with E-state index >= 15 is 0 Å². The van der Waals surface area contributed by atoms with Crippen LogP contribution in [0.4, 0.5) is 4.39 Å². The molecule has 2 aromatic carbocycles. The van der Waals surface area contributed by atoms with Crippen LogP contribution >= 0.6 is 11.6 Å². The van der Waals surface area contributed by atoms with Gasteiger partial charge in [0.25, 0.3) is 10.0 Å². The first-order valence-corrected chi connectivity index (χ1v) is 10.3. The highest BCUT2D eigenvalue weighted by molar-refractivity contribution is 7.90. The van der Waals surface area contributed by atoms with Crippen molar-refractivity contribution in [3.05, 3.63) is 59.0 Å². The number of aromatic nitrogens is 1. The third kappa shape index (κ3) is 2.81. The highest BCUT2D eigenvalue weighted by atomic mass is 35.5. The quantitative estimate of drug-likeness (QED) is 0.641. The van der Waals surface area contributed by atoms with Crippen LogP contribution in [0.1, 0.15) is 18.5 Å². The Hall–Kier alpha value is -2.09. The molecule has 3 aromatic rings. The van der Waals surface area contributed by atoms with Crippen molar-refractivity contribution in [2.75, 3.05) is 20.2 Å². The van der Waals surface area contributed by atoms with Crippen molar-refractivity contribution in [2.45, 2.75) is 17.9 Å². The predicted molar refractivity (Wildman–Crippen MR) is 102 cm³/mol. The third-order valence-corrected chi connectivity index (χ3v) is 7.04. The SMILES string of the molecule is CC1c2c(ccc3c2c(Cl)cn3S(=O)(=O)c2ccccc2F)OCCN1C. The van der Waals surface area contributed by atoms with Crippen LogP contribution in [-0.4, -0.2) is 37.5 Å². The summed E-state index contributed by atoms with van der Waals surface area (Å²) in [6.07, 6.45) is 1.33. The Morgan fingerprint density at radius 1 is 1.22 bits per heavy atom. The Labute approximate surface area is 162 Å². The minimum absolute atomic E-state index is 0.0179. The van der Waals surface area contributed by atoms with E-state index in [-0.39, 0.29) is 11.1 Å². The Balaban J connectivity index is 2.01. The molecule has 0 amide bonds. The molecule has 142 valence electrons. The van der Waals surface area contributed by atoms with Crippen LogP contribution in [0.5, 0.6) is 5.75 Å². The van der Waals surface area contributed by atoms with Gasteiger partial charge in [-0.15, -0.1) is 0 Å². The largest absolute Gasteiger partial charge is 0.492 e. The fraction of sp³-hybridized carbons (Fsp3) is 0.263. The van der Waals surface area contributed by atoms with E-state index in [1.165, 1.54) is 24.4 Å². The van der Waals surface area contributed by atoms with Crippen LogP contribution in [-0.2, 0) is 10.0 Å². The maximum absolute atomic E-state index is 14.2. The zero-order valence-electron chi connectivity index (χ0n) is 14.8. The molecule has 1 aliphatic heterocycles. The maximum atomic E-state index is 14.2. The normalized spacial score (nSPS) is 18.1. The Bertz CT molecular complexity index is 1140. The van der Waals surface area contributed by atoms with Gasteiger partial charge in [0.15, 0.2) is 0 Å². The van der Waals surface area contributed by atoms with Crippen LogP contribution in [0.2, 0.25) is 5.02 Å². The van der Waals surface area contributed by atoms with Crippen LogP contribution < -0.4 is 4.74 Å². The summed E-state index contributed by atoms with van der Waals surface area (Å²) in [5.74, 6) is -0.121. The fourth-order valence-corrected chi connectivity index (χ4v) is 5.26. The zero-order valence-corrected chi connectivity index (χ0v) is 16.4. The van der Waals surface area contributed by atoms with Crippen molar-refractivity contribution in [3.8, 4) is 5.75 Å². The minimum Gasteiger partial charge on any atom is -0.492 e. The summed E-state index contributed by atoms with van der Waals surface area (Å²) < 4.78 is 47.2. The van der Waals surface area contributed by atoms with Gasteiger partial charge >= 0.3 is 0 Å². The summed E-state index contributed by atoms with van der Waals surface area (Å²) in [5, 5.41) is 0.892. The summed E-state index contributed by atoms with van der Waals surface area (Å²) in [5.41, 5.74) is 1.23. The van der Waals surface area contributed by atoms with Crippen LogP contribution in [0.15, 0.2) is 47.5 Å². The first-order valence-electron chi connectivity index (χ1n) is 8.49. The molecule has 8 heteroatoms. The van der Waals surface area contributed by atoms with E-state index in [1.54, 1.807) is 12.1 Å². The molecule has 1 aromatic heterocycles. The Morgan fingerprint density at radius 3 is 2.70 bits per heavy atom. The average molecular weight is 409 g/mol. The molecule has 2 heterocycles. The molecular weight excluding hydrogens is 391 g/mol. The lowest BCUT2D eigenvalue weighted by Crippen LogP contribution is -2.24. The highest BCUT2D eigenvalue weighted by Gasteiger charge is 2.29. The van der Waals surface area contributed by atoms with E-state index in [4.69, 9.17) is 16.3 Å². The first-order chi connectivity index (χ1) is 12.8. The predicted octanol–water partition coefficient (Wildman–Crippen LogP) is 4.06. The topological polar surface area (TPSA) is 51.5 Å². The maximum Gasteiger partial charge on any atom is 0.271 e. The van der Waals surface area contributed by atoms with E-state index in [0.29, 0.717) is 23.3 Å². The van der Waals surface area contributed by atoms with E-state index in [9.17, 15) is 12.8 Å². The second kappa shape index (κ2) is 6.51. The lowest BCUT2D eigenvalue weighted by molar-refractivity contribution is 0.229. The number of rotatable bonds is 2. The number of likely N-dealkylation sites (N-methyl/N-ethyl adjacent to an activating group) is 1. The molecule has 0 bridgehead atoms. The van der Waals surface area contributed by atoms with Gasteiger partial charge in [-0.05, 0) is 38.2 Å². The van der Waals surface area contributed by atoms with Crippen LogP contribution in [0, 0.1) is 5.82 Å². The molecule has 0 N–H and O–H groups in total. The smallest absolute Gasteiger partial charge is 0.271 e. The molecule has 0 spiro atoms. The van der Waals surface area contributed by atoms with E-state index in [1.807, 2.05) is 14.0 Å². The Kier molecular flexibility index (Phi) is 4.41. The molecule has 4 rings (SSSR count). The van der Waals surface area contributed by atoms with Crippen molar-refractivity contribution in [1.29, 1.82) is 0 Å². The van der Waals surface area contributed by atoms with Crippen molar-refractivity contribution in [1.82, 2.24) is 8.87 Å². The number of ether oxygens (including phenoxy) is 1. The van der Waals surface area contributed by atoms with Crippen LogP contribution in [0.25, 0.3) is 10.9 Å². The van der Waals surface area contributed by atoms with Gasteiger partial charge in [-0.3, -0.25) is 4.90 Å². The second-order valence-electron chi connectivity index (χ2n) is 6.58. The van der Waals surface area contributed by atoms with Crippen LogP contribution in [0.3, 0.4) is 0 Å². The van der Waals surface area contributed by atoms with Gasteiger partial charge in [0.2, 0.25) is 0 Å². The monoisotopic (exact) mass is 408 g/mol. The van der Waals surface area contributed by atoms with Crippen molar-refractivity contribution >= 4 is 32.5 Å². The number of hydrogen-bond acceptors (Lipinski definition) is 4. The zero-order chi connectivity index (χ0) is 19.3. The molecule has 0 radical (unpaired) electrons. The van der Waals surface area contributed by atoms with Crippen molar-refractivity contribution < 1.29 is 17.5 Å². The second-order valence-corrected chi connectivity index (χ2v) is 8.78. The van der Waals surface area contributed by atoms with Gasteiger partial charge in [-0.2, -0.15) is 0 Å². The summed E-state index contributed by atoms with van der Waals surface area (Å²) >= 11 is 6.46. The van der Waals surface area contributed by atoms with Gasteiger partial charge < -0.3 is 4.74 Å². The molecule has 1 unspecified atom stereocenters. The van der Waals surface area contributed by atoms with E-state index in [2.05, 4.69) is 4.90 Å². The van der Waals surface area contributed by atoms with E-state index in [0.717, 1.165) is 22.1 Å². The van der Waals surface area contributed by atoms with Crippen molar-refractivity contribution in [3.63, 3.8) is 0 Å². The lowest BCUT2D eigenvalue weighted by Gasteiger charge is -2.22. The molecule has 0 saturated carbocycles. The van der Waals surface area contributed by atoms with Gasteiger partial charge in [-0.1, -0.05) is 23.7 Å². The summed E-state index contributed by atoms with van der Waals surface area (Å²) in [7, 11) is -2.16. The van der Waals surface area contributed by atoms with Gasteiger partial charge in [0.05, 0.1) is 10.5 Å². The standard InChI is InChI=1S/C19H18ClFN2O3S/c1-12-18-16(26-10-9-22(12)2)8-7-15-19(18)13(20)11-23(15)27(24,25)17-6-4-3-5-14(17)21/h3-8,11-12H,9-10H2,1-2H3. The molecule has 0 fully saturated rings. The number of nitrogens with zero attached hydrogens (tertiary/aromatic N) is 2. The molecule has 0 aliphatic carbocycles. The van der Waals surface area contributed by atoms with Crippen molar-refractivity contribution in [2.24, 2.45) is 0 Å². The Morgan fingerprint density at radius 2 is 1.96 bits per heavy atom. The van der Waals surface area contributed by atoms with E-state index < -0.39 is 20.7 Å². The van der Waals surface area contributed by atoms with Gasteiger partial charge in [-0.25, -0.2) is 16.8 Å². The molecule has 0 saturated heterocycles. The molecular formula is C19H18ClFN2O3S. The molecule has 5 nitrogen and oxygen atoms in total. The fourth-order valence-electron chi connectivity index (χ4n) is 3.47. The first kappa shape index (κ1) is 18.3. The number of fused-ring (bicyclic) bond motifs is 3. The molecule has 1 atom stereocenters. The highest BCUT2D eigenvalue weighted by Crippen LogP contribution is 2.42.